The average molecular weight is 455 g/mol. The third-order valence-electron chi connectivity index (χ3n) is 5.80. The molecule has 2 heterocycles. The number of aromatic amines is 1. The summed E-state index contributed by atoms with van der Waals surface area (Å²) in [5.41, 5.74) is 2.27. The molecule has 8 heteroatoms. The molecule has 0 unspecified atom stereocenters. The number of nitrogens with zero attached hydrogens (tertiary/aromatic N) is 1. The monoisotopic (exact) mass is 454 g/mol. The molecule has 2 aromatic carbocycles. The normalized spacial score (nSPS) is 15.4. The van der Waals surface area contributed by atoms with Crippen LogP contribution in [-0.2, 0) is 14.8 Å². The number of para-hydroxylation sites is 1. The number of nitrogens with one attached hydrogen (secondary N) is 1. The number of esters is 1. The molecule has 7 nitrogen and oxygen atoms in total. The van der Waals surface area contributed by atoms with Crippen molar-refractivity contribution in [1.82, 2.24) is 9.29 Å². The quantitative estimate of drug-likeness (QED) is 0.447. The molecule has 168 valence electrons. The van der Waals surface area contributed by atoms with E-state index in [4.69, 9.17) is 4.74 Å². The van der Waals surface area contributed by atoms with Crippen LogP contribution in [0.5, 0.6) is 0 Å². The lowest BCUT2D eigenvalue weighted by molar-refractivity contribution is 0.0475. The van der Waals surface area contributed by atoms with E-state index in [0.717, 1.165) is 42.3 Å². The zero-order chi connectivity index (χ0) is 22.7. The summed E-state index contributed by atoms with van der Waals surface area (Å²) in [5.74, 6) is -0.969. The molecule has 32 heavy (non-hydrogen) atoms. The predicted octanol–water partition coefficient (Wildman–Crippen LogP) is 4.08. The fourth-order valence-corrected chi connectivity index (χ4v) is 5.63. The van der Waals surface area contributed by atoms with Crippen molar-refractivity contribution in [3.63, 3.8) is 0 Å². The minimum Gasteiger partial charge on any atom is -0.454 e. The van der Waals surface area contributed by atoms with E-state index in [-0.39, 0.29) is 16.2 Å². The van der Waals surface area contributed by atoms with Crippen LogP contribution in [0.4, 0.5) is 0 Å². The average Bonchev–Trinajstić information content (AvgIpc) is 2.95. The Balaban J connectivity index is 1.43. The number of hydrogen-bond acceptors (Lipinski definition) is 5. The van der Waals surface area contributed by atoms with Crippen molar-refractivity contribution in [3.05, 3.63) is 65.4 Å². The van der Waals surface area contributed by atoms with Crippen molar-refractivity contribution >= 4 is 32.7 Å². The first-order valence-electron chi connectivity index (χ1n) is 10.8. The number of carbonyl (C=O) groups is 2. The Morgan fingerprint density at radius 3 is 2.31 bits per heavy atom. The van der Waals surface area contributed by atoms with Gasteiger partial charge in [-0.3, -0.25) is 4.79 Å². The standard InChI is InChI=1S/C24H26N2O5S/c1-17-23(20-8-4-5-9-21(20)25-17)22(27)16-31-24(28)18-10-12-19(13-11-18)32(29,30)26-14-6-2-3-7-15-26/h4-5,8-13,25H,2-3,6-7,14-16H2,1H3. The van der Waals surface area contributed by atoms with E-state index in [2.05, 4.69) is 4.98 Å². The zero-order valence-corrected chi connectivity index (χ0v) is 18.8. The van der Waals surface area contributed by atoms with Crippen LogP contribution in [0.1, 0.15) is 52.1 Å². The van der Waals surface area contributed by atoms with Gasteiger partial charge >= 0.3 is 5.97 Å². The molecule has 0 aliphatic carbocycles. The molecule has 0 bridgehead atoms. The second-order valence-corrected chi connectivity index (χ2v) is 9.95. The van der Waals surface area contributed by atoms with E-state index in [1.807, 2.05) is 24.3 Å². The van der Waals surface area contributed by atoms with E-state index in [1.165, 1.54) is 28.6 Å². The first-order valence-corrected chi connectivity index (χ1v) is 12.2. The van der Waals surface area contributed by atoms with Crippen LogP contribution in [-0.4, -0.2) is 49.2 Å². The first kappa shape index (κ1) is 22.2. The summed E-state index contributed by atoms with van der Waals surface area (Å²) in [5, 5.41) is 0.786. The lowest BCUT2D eigenvalue weighted by Crippen LogP contribution is -2.31. The second kappa shape index (κ2) is 9.26. The number of sulfonamides is 1. The predicted molar refractivity (Wildman–Crippen MR) is 121 cm³/mol. The van der Waals surface area contributed by atoms with Gasteiger partial charge in [-0.2, -0.15) is 4.31 Å². The number of hydrogen-bond donors (Lipinski definition) is 1. The van der Waals surface area contributed by atoms with E-state index in [0.29, 0.717) is 18.7 Å². The van der Waals surface area contributed by atoms with Gasteiger partial charge in [-0.1, -0.05) is 31.0 Å². The van der Waals surface area contributed by atoms with Crippen molar-refractivity contribution in [2.45, 2.75) is 37.5 Å². The van der Waals surface area contributed by atoms with E-state index in [9.17, 15) is 18.0 Å². The number of ether oxygens (including phenoxy) is 1. The molecule has 1 aliphatic heterocycles. The number of H-pyrrole nitrogens is 1. The van der Waals surface area contributed by atoms with Crippen molar-refractivity contribution in [1.29, 1.82) is 0 Å². The van der Waals surface area contributed by atoms with Crippen LogP contribution in [0.2, 0.25) is 0 Å². The number of aromatic nitrogens is 1. The highest BCUT2D eigenvalue weighted by atomic mass is 32.2. The Bertz CT molecular complexity index is 1240. The number of Topliss-reactive ketones (excluding diaryl/α,β-unsaturated/α-hetero) is 1. The third-order valence-corrected chi connectivity index (χ3v) is 7.71. The number of carbonyl (C=O) groups excluding carboxylic acids is 2. The maximum absolute atomic E-state index is 12.9. The van der Waals surface area contributed by atoms with Gasteiger partial charge in [-0.15, -0.1) is 0 Å². The number of ketones is 1. The fourth-order valence-electron chi connectivity index (χ4n) is 4.12. The van der Waals surface area contributed by atoms with Crippen LogP contribution in [0, 0.1) is 6.92 Å². The molecule has 1 aromatic heterocycles. The minimum atomic E-state index is -3.59. The molecule has 0 atom stereocenters. The fraction of sp³-hybridized carbons (Fsp3) is 0.333. The molecule has 0 spiro atoms. The number of benzene rings is 2. The van der Waals surface area contributed by atoms with Gasteiger partial charge in [-0.25, -0.2) is 13.2 Å². The molecule has 1 fully saturated rings. The summed E-state index contributed by atoms with van der Waals surface area (Å²) in [6.45, 7) is 2.44. The summed E-state index contributed by atoms with van der Waals surface area (Å²) >= 11 is 0. The Morgan fingerprint density at radius 2 is 1.62 bits per heavy atom. The molecule has 1 aliphatic rings. The molecular formula is C24H26N2O5S. The Labute approximate surface area is 187 Å². The molecule has 0 radical (unpaired) electrons. The van der Waals surface area contributed by atoms with Crippen LogP contribution in [0.15, 0.2) is 53.4 Å². The van der Waals surface area contributed by atoms with Gasteiger partial charge in [0.15, 0.2) is 6.61 Å². The Morgan fingerprint density at radius 1 is 0.969 bits per heavy atom. The summed E-state index contributed by atoms with van der Waals surface area (Å²) in [6.07, 6.45) is 3.78. The summed E-state index contributed by atoms with van der Waals surface area (Å²) in [4.78, 5) is 28.4. The van der Waals surface area contributed by atoms with Crippen molar-refractivity contribution < 1.29 is 22.7 Å². The van der Waals surface area contributed by atoms with Crippen LogP contribution < -0.4 is 0 Å². The Kier molecular flexibility index (Phi) is 6.43. The van der Waals surface area contributed by atoms with E-state index < -0.39 is 22.6 Å². The van der Waals surface area contributed by atoms with E-state index >= 15 is 0 Å². The van der Waals surface area contributed by atoms with E-state index in [1.54, 1.807) is 6.92 Å². The van der Waals surface area contributed by atoms with Gasteiger partial charge < -0.3 is 9.72 Å². The van der Waals surface area contributed by atoms with Gasteiger partial charge in [-0.05, 0) is 50.1 Å². The summed E-state index contributed by atoms with van der Waals surface area (Å²) in [6, 6.07) is 13.1. The lowest BCUT2D eigenvalue weighted by atomic mass is 10.1. The summed E-state index contributed by atoms with van der Waals surface area (Å²) in [7, 11) is -3.59. The summed E-state index contributed by atoms with van der Waals surface area (Å²) < 4.78 is 32.5. The molecule has 4 rings (SSSR count). The number of rotatable bonds is 6. The largest absolute Gasteiger partial charge is 0.454 e. The number of aryl methyl sites for hydroxylation is 1. The molecule has 3 aromatic rings. The van der Waals surface area contributed by atoms with Crippen LogP contribution in [0.25, 0.3) is 10.9 Å². The van der Waals surface area contributed by atoms with Crippen molar-refractivity contribution in [2.24, 2.45) is 0 Å². The maximum atomic E-state index is 12.9. The van der Waals surface area contributed by atoms with Crippen molar-refractivity contribution in [3.8, 4) is 0 Å². The number of fused-ring (bicyclic) bond motifs is 1. The molecule has 0 amide bonds. The van der Waals surface area contributed by atoms with Gasteiger partial charge in [0.1, 0.15) is 0 Å². The minimum absolute atomic E-state index is 0.154. The Hall–Kier alpha value is -2.97. The highest BCUT2D eigenvalue weighted by Crippen LogP contribution is 2.23. The molecule has 1 saturated heterocycles. The SMILES string of the molecule is Cc1[nH]c2ccccc2c1C(=O)COC(=O)c1ccc(S(=O)(=O)N2CCCCCC2)cc1. The highest BCUT2D eigenvalue weighted by Gasteiger charge is 2.25. The van der Waals surface area contributed by atoms with Crippen LogP contribution >= 0.6 is 0 Å². The topological polar surface area (TPSA) is 96.5 Å². The third kappa shape index (κ3) is 4.47. The van der Waals surface area contributed by atoms with Gasteiger partial charge in [0, 0.05) is 35.2 Å². The zero-order valence-electron chi connectivity index (χ0n) is 18.0. The second-order valence-electron chi connectivity index (χ2n) is 8.01. The van der Waals surface area contributed by atoms with Gasteiger partial charge in [0.05, 0.1) is 10.5 Å². The van der Waals surface area contributed by atoms with Crippen LogP contribution in [0.3, 0.4) is 0 Å². The van der Waals surface area contributed by atoms with Gasteiger partial charge in [0.2, 0.25) is 15.8 Å². The smallest absolute Gasteiger partial charge is 0.338 e. The molecule has 1 N–H and O–H groups in total. The molecular weight excluding hydrogens is 428 g/mol. The maximum Gasteiger partial charge on any atom is 0.338 e. The van der Waals surface area contributed by atoms with Crippen molar-refractivity contribution in [2.75, 3.05) is 19.7 Å². The van der Waals surface area contributed by atoms with Gasteiger partial charge in [0.25, 0.3) is 0 Å². The lowest BCUT2D eigenvalue weighted by Gasteiger charge is -2.19. The first-order chi connectivity index (χ1) is 15.4. The molecule has 0 saturated carbocycles. The highest BCUT2D eigenvalue weighted by molar-refractivity contribution is 7.89.